The van der Waals surface area contributed by atoms with Crippen LogP contribution in [0.15, 0.2) is 18.2 Å². The van der Waals surface area contributed by atoms with Crippen LogP contribution in [-0.2, 0) is 6.54 Å². The van der Waals surface area contributed by atoms with Crippen LogP contribution in [0.3, 0.4) is 0 Å². The smallest absolute Gasteiger partial charge is 0.120 e. The average molecular weight is 218 g/mol. The van der Waals surface area contributed by atoms with Gasteiger partial charge in [0.05, 0.1) is 0 Å². The summed E-state index contributed by atoms with van der Waals surface area (Å²) < 4.78 is 0. The highest BCUT2D eigenvalue weighted by molar-refractivity contribution is 5.42. The summed E-state index contributed by atoms with van der Waals surface area (Å²) in [5.74, 6) is 0.981. The molecule has 1 unspecified atom stereocenters. The fraction of sp³-hybridized carbons (Fsp3) is 0.538. The first kappa shape index (κ1) is 10.1. The minimum atomic E-state index is 0.443. The summed E-state index contributed by atoms with van der Waals surface area (Å²) in [6.07, 6.45) is 1.34. The Balaban J connectivity index is 1.84. The van der Waals surface area contributed by atoms with E-state index in [0.717, 1.165) is 25.2 Å². The van der Waals surface area contributed by atoms with Gasteiger partial charge < -0.3 is 15.3 Å². The summed E-state index contributed by atoms with van der Waals surface area (Å²) in [5.41, 5.74) is 2.44. The molecule has 1 aromatic rings. The monoisotopic (exact) mass is 218 g/mol. The van der Waals surface area contributed by atoms with Crippen LogP contribution in [0.25, 0.3) is 0 Å². The van der Waals surface area contributed by atoms with Crippen molar-refractivity contribution in [3.63, 3.8) is 0 Å². The highest BCUT2D eigenvalue weighted by Gasteiger charge is 2.25. The molecular weight excluding hydrogens is 200 g/mol. The molecule has 1 saturated heterocycles. The molecule has 3 nitrogen and oxygen atoms in total. The number of hydrogen-bond donors (Lipinski definition) is 2. The van der Waals surface area contributed by atoms with Gasteiger partial charge in [0, 0.05) is 31.1 Å². The maximum absolute atomic E-state index is 9.83. The predicted molar refractivity (Wildman–Crippen MR) is 63.6 cm³/mol. The Morgan fingerprint density at radius 2 is 2.25 bits per heavy atom. The van der Waals surface area contributed by atoms with Gasteiger partial charge in [0.25, 0.3) is 0 Å². The molecule has 0 bridgehead atoms. The largest absolute Gasteiger partial charge is 0.508 e. The molecule has 2 N–H and O–H groups in total. The summed E-state index contributed by atoms with van der Waals surface area (Å²) in [6.45, 7) is 5.45. The van der Waals surface area contributed by atoms with Gasteiger partial charge >= 0.3 is 0 Å². The SMILES string of the molecule is Oc1cccc2c1CNCC2CN1CCC1. The molecule has 0 saturated carbocycles. The van der Waals surface area contributed by atoms with Crippen LogP contribution in [0, 0.1) is 0 Å². The van der Waals surface area contributed by atoms with Gasteiger partial charge in [0.15, 0.2) is 0 Å². The van der Waals surface area contributed by atoms with E-state index in [0.29, 0.717) is 11.7 Å². The van der Waals surface area contributed by atoms with Crippen LogP contribution >= 0.6 is 0 Å². The molecule has 0 amide bonds. The minimum absolute atomic E-state index is 0.443. The molecule has 86 valence electrons. The van der Waals surface area contributed by atoms with Gasteiger partial charge in [0.1, 0.15) is 5.75 Å². The molecule has 3 rings (SSSR count). The van der Waals surface area contributed by atoms with Gasteiger partial charge in [-0.1, -0.05) is 12.1 Å². The van der Waals surface area contributed by atoms with E-state index in [2.05, 4.69) is 16.3 Å². The number of phenolic OH excluding ortho intramolecular Hbond substituents is 1. The number of nitrogens with one attached hydrogen (secondary N) is 1. The fourth-order valence-electron chi connectivity index (χ4n) is 2.69. The number of nitrogens with zero attached hydrogens (tertiary/aromatic N) is 1. The zero-order valence-corrected chi connectivity index (χ0v) is 9.45. The number of benzene rings is 1. The molecule has 2 heterocycles. The van der Waals surface area contributed by atoms with Crippen molar-refractivity contribution in [2.24, 2.45) is 0 Å². The first-order chi connectivity index (χ1) is 7.84. The molecule has 0 aromatic heterocycles. The van der Waals surface area contributed by atoms with Crippen molar-refractivity contribution in [1.29, 1.82) is 0 Å². The number of phenols is 1. The molecule has 2 aliphatic rings. The van der Waals surface area contributed by atoms with Crippen molar-refractivity contribution in [1.82, 2.24) is 10.2 Å². The van der Waals surface area contributed by atoms with Crippen LogP contribution < -0.4 is 5.32 Å². The fourth-order valence-corrected chi connectivity index (χ4v) is 2.69. The van der Waals surface area contributed by atoms with Crippen molar-refractivity contribution in [2.75, 3.05) is 26.2 Å². The second-order valence-electron chi connectivity index (χ2n) is 4.83. The third kappa shape index (κ3) is 1.70. The van der Waals surface area contributed by atoms with E-state index < -0.39 is 0 Å². The summed E-state index contributed by atoms with van der Waals surface area (Å²) >= 11 is 0. The van der Waals surface area contributed by atoms with Crippen molar-refractivity contribution >= 4 is 0 Å². The second-order valence-corrected chi connectivity index (χ2v) is 4.83. The Hall–Kier alpha value is -1.06. The maximum Gasteiger partial charge on any atom is 0.120 e. The van der Waals surface area contributed by atoms with Gasteiger partial charge in [0.2, 0.25) is 0 Å². The topological polar surface area (TPSA) is 35.5 Å². The Morgan fingerprint density at radius 3 is 3.00 bits per heavy atom. The van der Waals surface area contributed by atoms with Crippen LogP contribution in [0.2, 0.25) is 0 Å². The van der Waals surface area contributed by atoms with Crippen LogP contribution in [0.5, 0.6) is 5.75 Å². The van der Waals surface area contributed by atoms with E-state index in [9.17, 15) is 5.11 Å². The summed E-state index contributed by atoms with van der Waals surface area (Å²) in [4.78, 5) is 2.49. The zero-order chi connectivity index (χ0) is 11.0. The van der Waals surface area contributed by atoms with E-state index in [1.807, 2.05) is 6.07 Å². The van der Waals surface area contributed by atoms with E-state index >= 15 is 0 Å². The molecule has 0 aliphatic carbocycles. The first-order valence-electron chi connectivity index (χ1n) is 6.08. The van der Waals surface area contributed by atoms with Crippen molar-refractivity contribution in [3.8, 4) is 5.75 Å². The Labute approximate surface area is 96.1 Å². The van der Waals surface area contributed by atoms with E-state index in [-0.39, 0.29) is 0 Å². The van der Waals surface area contributed by atoms with Crippen molar-refractivity contribution < 1.29 is 5.11 Å². The lowest BCUT2D eigenvalue weighted by Crippen LogP contribution is -2.43. The molecular formula is C13H18N2O. The number of aromatic hydroxyl groups is 1. The van der Waals surface area contributed by atoms with Crippen LogP contribution in [0.1, 0.15) is 23.5 Å². The second kappa shape index (κ2) is 4.07. The molecule has 16 heavy (non-hydrogen) atoms. The van der Waals surface area contributed by atoms with Crippen molar-refractivity contribution in [2.45, 2.75) is 18.9 Å². The highest BCUT2D eigenvalue weighted by Crippen LogP contribution is 2.31. The lowest BCUT2D eigenvalue weighted by molar-refractivity contribution is 0.166. The molecule has 2 aliphatic heterocycles. The minimum Gasteiger partial charge on any atom is -0.508 e. The first-order valence-corrected chi connectivity index (χ1v) is 6.08. The van der Waals surface area contributed by atoms with Gasteiger partial charge in [-0.3, -0.25) is 0 Å². The molecule has 1 atom stereocenters. The summed E-state index contributed by atoms with van der Waals surface area (Å²) in [5, 5.41) is 13.2. The molecule has 0 radical (unpaired) electrons. The molecule has 1 fully saturated rings. The maximum atomic E-state index is 9.83. The van der Waals surface area contributed by atoms with Gasteiger partial charge in [-0.15, -0.1) is 0 Å². The quantitative estimate of drug-likeness (QED) is 0.785. The van der Waals surface area contributed by atoms with Crippen molar-refractivity contribution in [3.05, 3.63) is 29.3 Å². The van der Waals surface area contributed by atoms with Gasteiger partial charge in [-0.25, -0.2) is 0 Å². The average Bonchev–Trinajstić information content (AvgIpc) is 2.24. The van der Waals surface area contributed by atoms with E-state index in [1.54, 1.807) is 6.07 Å². The highest BCUT2D eigenvalue weighted by atomic mass is 16.3. The normalized spacial score (nSPS) is 24.9. The van der Waals surface area contributed by atoms with Crippen LogP contribution in [-0.4, -0.2) is 36.2 Å². The van der Waals surface area contributed by atoms with Gasteiger partial charge in [-0.05, 0) is 31.1 Å². The van der Waals surface area contributed by atoms with E-state index in [1.165, 1.54) is 25.1 Å². The lowest BCUT2D eigenvalue weighted by atomic mass is 9.89. The standard InChI is InChI=1S/C13H18N2O/c16-13-4-1-3-11-10(7-14-8-12(11)13)9-15-5-2-6-15/h1,3-4,10,14,16H,2,5-9H2. The zero-order valence-electron chi connectivity index (χ0n) is 9.45. The van der Waals surface area contributed by atoms with Crippen LogP contribution in [0.4, 0.5) is 0 Å². The molecule has 1 aromatic carbocycles. The lowest BCUT2D eigenvalue weighted by Gasteiger charge is -2.36. The number of likely N-dealkylation sites (tertiary alicyclic amines) is 1. The number of rotatable bonds is 2. The molecule has 3 heteroatoms. The predicted octanol–water partition coefficient (Wildman–Crippen LogP) is 1.28. The summed E-state index contributed by atoms with van der Waals surface area (Å²) in [7, 11) is 0. The number of fused-ring (bicyclic) bond motifs is 1. The Morgan fingerprint density at radius 1 is 1.38 bits per heavy atom. The Bertz CT molecular complexity index is 388. The van der Waals surface area contributed by atoms with Gasteiger partial charge in [-0.2, -0.15) is 0 Å². The Kier molecular flexibility index (Phi) is 2.58. The number of hydrogen-bond acceptors (Lipinski definition) is 3. The molecule has 0 spiro atoms. The third-order valence-corrected chi connectivity index (χ3v) is 3.75. The summed E-state index contributed by atoms with van der Waals surface area (Å²) in [6, 6.07) is 5.91. The van der Waals surface area contributed by atoms with E-state index in [4.69, 9.17) is 0 Å². The third-order valence-electron chi connectivity index (χ3n) is 3.75.